The van der Waals surface area contributed by atoms with Crippen molar-refractivity contribution < 1.29 is 9.84 Å². The van der Waals surface area contributed by atoms with Gasteiger partial charge in [-0.15, -0.1) is 0 Å². The molecule has 1 aliphatic rings. The van der Waals surface area contributed by atoms with Gasteiger partial charge in [0, 0.05) is 19.1 Å². The Morgan fingerprint density at radius 3 is 3.06 bits per heavy atom. The van der Waals surface area contributed by atoms with E-state index in [0.29, 0.717) is 17.6 Å². The van der Waals surface area contributed by atoms with E-state index < -0.39 is 0 Å². The molecule has 1 aromatic carbocycles. The molecule has 1 fully saturated rings. The lowest BCUT2D eigenvalue weighted by molar-refractivity contribution is 0.180. The van der Waals surface area contributed by atoms with Crippen molar-refractivity contribution in [3.05, 3.63) is 29.8 Å². The van der Waals surface area contributed by atoms with Crippen molar-refractivity contribution >= 4 is 0 Å². The molecule has 0 spiro atoms. The van der Waals surface area contributed by atoms with Gasteiger partial charge in [0.15, 0.2) is 0 Å². The van der Waals surface area contributed by atoms with Crippen LogP contribution in [-0.4, -0.2) is 31.9 Å². The monoisotopic (exact) mass is 221 g/mol. The Morgan fingerprint density at radius 1 is 1.56 bits per heavy atom. The van der Waals surface area contributed by atoms with Crippen molar-refractivity contribution in [3.8, 4) is 5.75 Å². The largest absolute Gasteiger partial charge is 0.508 e. The maximum atomic E-state index is 9.52. The smallest absolute Gasteiger partial charge is 0.115 e. The molecule has 3 heteroatoms. The summed E-state index contributed by atoms with van der Waals surface area (Å²) >= 11 is 0. The van der Waals surface area contributed by atoms with Gasteiger partial charge in [-0.1, -0.05) is 12.1 Å². The summed E-state index contributed by atoms with van der Waals surface area (Å²) in [6.07, 6.45) is 1.11. The molecular formula is C13H19NO2. The molecule has 2 N–H and O–H groups in total. The molecule has 1 aliphatic heterocycles. The van der Waals surface area contributed by atoms with Gasteiger partial charge in [-0.2, -0.15) is 0 Å². The average Bonchev–Trinajstić information content (AvgIpc) is 2.79. The van der Waals surface area contributed by atoms with Gasteiger partial charge < -0.3 is 15.2 Å². The van der Waals surface area contributed by atoms with E-state index in [1.165, 1.54) is 5.56 Å². The zero-order chi connectivity index (χ0) is 11.4. The van der Waals surface area contributed by atoms with Crippen LogP contribution in [0.4, 0.5) is 0 Å². The van der Waals surface area contributed by atoms with Crippen LogP contribution in [0.2, 0.25) is 0 Å². The lowest BCUT2D eigenvalue weighted by Crippen LogP contribution is -2.24. The van der Waals surface area contributed by atoms with Crippen molar-refractivity contribution in [1.82, 2.24) is 5.32 Å². The fourth-order valence-electron chi connectivity index (χ4n) is 2.40. The summed E-state index contributed by atoms with van der Waals surface area (Å²) in [6.45, 7) is 2.63. The molecule has 1 aromatic rings. The Balaban J connectivity index is 2.17. The molecule has 3 nitrogen and oxygen atoms in total. The quantitative estimate of drug-likeness (QED) is 0.813. The summed E-state index contributed by atoms with van der Waals surface area (Å²) in [6, 6.07) is 7.56. The molecular weight excluding hydrogens is 202 g/mol. The third-order valence-electron chi connectivity index (χ3n) is 3.26. The minimum Gasteiger partial charge on any atom is -0.508 e. The Hall–Kier alpha value is -1.06. The standard InChI is InChI=1S/C13H19NO2/c1-14-8-13(11-5-6-16-9-11)10-3-2-4-12(15)7-10/h2-4,7,11,13-15H,5-6,8-9H2,1H3. The highest BCUT2D eigenvalue weighted by Crippen LogP contribution is 2.31. The molecule has 2 unspecified atom stereocenters. The van der Waals surface area contributed by atoms with Crippen molar-refractivity contribution in [2.24, 2.45) is 5.92 Å². The molecule has 1 heterocycles. The highest BCUT2D eigenvalue weighted by atomic mass is 16.5. The number of hydrogen-bond donors (Lipinski definition) is 2. The Kier molecular flexibility index (Phi) is 3.80. The van der Waals surface area contributed by atoms with Crippen LogP contribution >= 0.6 is 0 Å². The van der Waals surface area contributed by atoms with Gasteiger partial charge in [0.1, 0.15) is 5.75 Å². The number of aromatic hydroxyl groups is 1. The molecule has 1 saturated heterocycles. The van der Waals surface area contributed by atoms with E-state index in [2.05, 4.69) is 11.4 Å². The van der Waals surface area contributed by atoms with Gasteiger partial charge in [-0.25, -0.2) is 0 Å². The molecule has 0 radical (unpaired) electrons. The minimum absolute atomic E-state index is 0.345. The van der Waals surface area contributed by atoms with E-state index in [4.69, 9.17) is 4.74 Å². The Morgan fingerprint density at radius 2 is 2.44 bits per heavy atom. The Labute approximate surface area is 96.4 Å². The zero-order valence-electron chi connectivity index (χ0n) is 9.65. The molecule has 0 aromatic heterocycles. The molecule has 88 valence electrons. The Bertz CT molecular complexity index is 334. The van der Waals surface area contributed by atoms with Crippen LogP contribution in [0.1, 0.15) is 17.9 Å². The number of hydrogen-bond acceptors (Lipinski definition) is 3. The number of rotatable bonds is 4. The summed E-state index contributed by atoms with van der Waals surface area (Å²) in [7, 11) is 1.96. The highest BCUT2D eigenvalue weighted by Gasteiger charge is 2.26. The number of likely N-dealkylation sites (N-methyl/N-ethyl adjacent to an activating group) is 1. The van der Waals surface area contributed by atoms with Crippen LogP contribution in [0, 0.1) is 5.92 Å². The summed E-state index contributed by atoms with van der Waals surface area (Å²) in [5, 5.41) is 12.7. The topological polar surface area (TPSA) is 41.5 Å². The minimum atomic E-state index is 0.345. The third-order valence-corrected chi connectivity index (χ3v) is 3.26. The lowest BCUT2D eigenvalue weighted by Gasteiger charge is -2.22. The van der Waals surface area contributed by atoms with Gasteiger partial charge >= 0.3 is 0 Å². The fourth-order valence-corrected chi connectivity index (χ4v) is 2.40. The van der Waals surface area contributed by atoms with Crippen molar-refractivity contribution in [3.63, 3.8) is 0 Å². The van der Waals surface area contributed by atoms with Crippen molar-refractivity contribution in [1.29, 1.82) is 0 Å². The second kappa shape index (κ2) is 5.32. The number of benzene rings is 1. The average molecular weight is 221 g/mol. The van der Waals surface area contributed by atoms with Crippen LogP contribution in [0.5, 0.6) is 5.75 Å². The van der Waals surface area contributed by atoms with Crippen LogP contribution in [-0.2, 0) is 4.74 Å². The maximum Gasteiger partial charge on any atom is 0.115 e. The number of phenols is 1. The first-order chi connectivity index (χ1) is 7.81. The lowest BCUT2D eigenvalue weighted by atomic mass is 9.85. The van der Waals surface area contributed by atoms with E-state index in [9.17, 15) is 5.11 Å². The molecule has 2 atom stereocenters. The SMILES string of the molecule is CNCC(c1cccc(O)c1)C1CCOC1. The van der Waals surface area contributed by atoms with Gasteiger partial charge in [-0.05, 0) is 37.1 Å². The van der Waals surface area contributed by atoms with Crippen LogP contribution in [0.3, 0.4) is 0 Å². The summed E-state index contributed by atoms with van der Waals surface area (Å²) in [5.74, 6) is 1.34. The molecule has 2 rings (SSSR count). The molecule has 16 heavy (non-hydrogen) atoms. The molecule has 0 saturated carbocycles. The zero-order valence-corrected chi connectivity index (χ0v) is 9.65. The first-order valence-electron chi connectivity index (χ1n) is 5.82. The summed E-state index contributed by atoms with van der Waals surface area (Å²) < 4.78 is 5.45. The van der Waals surface area contributed by atoms with Crippen LogP contribution < -0.4 is 5.32 Å². The maximum absolute atomic E-state index is 9.52. The predicted octanol–water partition coefficient (Wildman–Crippen LogP) is 1.73. The second-order valence-electron chi connectivity index (χ2n) is 4.38. The first kappa shape index (κ1) is 11.4. The number of nitrogens with one attached hydrogen (secondary N) is 1. The van der Waals surface area contributed by atoms with Crippen molar-refractivity contribution in [2.75, 3.05) is 26.8 Å². The third kappa shape index (κ3) is 2.54. The molecule has 0 aliphatic carbocycles. The van der Waals surface area contributed by atoms with Crippen molar-refractivity contribution in [2.45, 2.75) is 12.3 Å². The van der Waals surface area contributed by atoms with E-state index in [1.807, 2.05) is 19.2 Å². The molecule has 0 amide bonds. The van der Waals surface area contributed by atoms with E-state index in [1.54, 1.807) is 6.07 Å². The predicted molar refractivity (Wildman–Crippen MR) is 63.7 cm³/mol. The van der Waals surface area contributed by atoms with E-state index in [-0.39, 0.29) is 0 Å². The molecule has 0 bridgehead atoms. The summed E-state index contributed by atoms with van der Waals surface area (Å²) in [4.78, 5) is 0. The van der Waals surface area contributed by atoms with Gasteiger partial charge in [0.2, 0.25) is 0 Å². The first-order valence-corrected chi connectivity index (χ1v) is 5.82. The van der Waals surface area contributed by atoms with Gasteiger partial charge in [0.25, 0.3) is 0 Å². The van der Waals surface area contributed by atoms with E-state index >= 15 is 0 Å². The van der Waals surface area contributed by atoms with Crippen LogP contribution in [0.25, 0.3) is 0 Å². The van der Waals surface area contributed by atoms with Gasteiger partial charge in [-0.3, -0.25) is 0 Å². The summed E-state index contributed by atoms with van der Waals surface area (Å²) in [5.41, 5.74) is 1.20. The van der Waals surface area contributed by atoms with Crippen LogP contribution in [0.15, 0.2) is 24.3 Å². The number of ether oxygens (including phenoxy) is 1. The van der Waals surface area contributed by atoms with E-state index in [0.717, 1.165) is 26.2 Å². The fraction of sp³-hybridized carbons (Fsp3) is 0.538. The van der Waals surface area contributed by atoms with Gasteiger partial charge in [0.05, 0.1) is 6.61 Å². The highest BCUT2D eigenvalue weighted by molar-refractivity contribution is 5.30. The number of phenolic OH excluding ortho intramolecular Hbond substituents is 1. The second-order valence-corrected chi connectivity index (χ2v) is 4.38. The normalized spacial score (nSPS) is 22.2.